The van der Waals surface area contributed by atoms with Crippen LogP contribution in [0.2, 0.25) is 0 Å². The van der Waals surface area contributed by atoms with E-state index in [-0.39, 0.29) is 24.2 Å². The second kappa shape index (κ2) is 8.51. The maximum atomic E-state index is 13.1. The number of carbonyl (C=O) groups excluding carboxylic acids is 2. The highest BCUT2D eigenvalue weighted by Crippen LogP contribution is 2.33. The van der Waals surface area contributed by atoms with Gasteiger partial charge in [-0.15, -0.1) is 0 Å². The third kappa shape index (κ3) is 4.04. The van der Waals surface area contributed by atoms with Crippen LogP contribution in [0.4, 0.5) is 11.4 Å². The zero-order valence-electron chi connectivity index (χ0n) is 16.7. The lowest BCUT2D eigenvalue weighted by molar-refractivity contribution is -0.136. The van der Waals surface area contributed by atoms with Crippen LogP contribution < -0.4 is 14.5 Å². The van der Waals surface area contributed by atoms with Gasteiger partial charge in [0.05, 0.1) is 18.2 Å². The molecular weight excluding hydrogens is 368 g/mol. The Hall–Kier alpha value is -3.09. The molecule has 7 nitrogen and oxygen atoms in total. The summed E-state index contributed by atoms with van der Waals surface area (Å²) in [6.07, 6.45) is 3.82. The summed E-state index contributed by atoms with van der Waals surface area (Å²) in [5, 5.41) is 0. The van der Waals surface area contributed by atoms with Gasteiger partial charge in [-0.05, 0) is 31.2 Å². The largest absolute Gasteiger partial charge is 0.492 e. The average Bonchev–Trinajstić information content (AvgIpc) is 3.16. The van der Waals surface area contributed by atoms with Gasteiger partial charge in [-0.3, -0.25) is 14.6 Å². The molecule has 1 aromatic heterocycles. The van der Waals surface area contributed by atoms with Crippen LogP contribution in [-0.2, 0) is 9.59 Å². The van der Waals surface area contributed by atoms with E-state index >= 15 is 0 Å². The zero-order chi connectivity index (χ0) is 20.2. The third-order valence-electron chi connectivity index (χ3n) is 5.55. The topological polar surface area (TPSA) is 66.0 Å². The predicted octanol–water partition coefficient (Wildman–Crippen LogP) is 2.18. The lowest BCUT2D eigenvalue weighted by Crippen LogP contribution is -2.50. The lowest BCUT2D eigenvalue weighted by Gasteiger charge is -2.37. The summed E-state index contributed by atoms with van der Waals surface area (Å²) >= 11 is 0. The molecule has 3 heterocycles. The molecule has 2 aliphatic heterocycles. The first-order chi connectivity index (χ1) is 14.2. The number of amides is 2. The molecule has 152 valence electrons. The van der Waals surface area contributed by atoms with E-state index in [0.29, 0.717) is 32.0 Å². The van der Waals surface area contributed by atoms with Crippen LogP contribution in [0.25, 0.3) is 0 Å². The highest BCUT2D eigenvalue weighted by atomic mass is 16.5. The lowest BCUT2D eigenvalue weighted by atomic mass is 10.1. The first-order valence-corrected chi connectivity index (χ1v) is 10.1. The maximum absolute atomic E-state index is 13.1. The van der Waals surface area contributed by atoms with E-state index in [1.54, 1.807) is 17.3 Å². The van der Waals surface area contributed by atoms with E-state index in [4.69, 9.17) is 4.74 Å². The van der Waals surface area contributed by atoms with Gasteiger partial charge in [-0.2, -0.15) is 0 Å². The van der Waals surface area contributed by atoms with Crippen molar-refractivity contribution in [1.29, 1.82) is 0 Å². The van der Waals surface area contributed by atoms with Gasteiger partial charge >= 0.3 is 0 Å². The molecule has 1 atom stereocenters. The van der Waals surface area contributed by atoms with E-state index < -0.39 is 0 Å². The minimum atomic E-state index is -0.301. The highest BCUT2D eigenvalue weighted by molar-refractivity contribution is 6.01. The second-order valence-corrected chi connectivity index (χ2v) is 7.32. The Balaban J connectivity index is 1.39. The molecule has 1 unspecified atom stereocenters. The Morgan fingerprint density at radius 3 is 2.55 bits per heavy atom. The fourth-order valence-corrected chi connectivity index (χ4v) is 4.06. The average molecular weight is 394 g/mol. The Morgan fingerprint density at radius 1 is 1.10 bits per heavy atom. The van der Waals surface area contributed by atoms with E-state index in [2.05, 4.69) is 9.88 Å². The molecule has 4 rings (SSSR count). The summed E-state index contributed by atoms with van der Waals surface area (Å²) in [5.41, 5.74) is 1.87. The number of piperazine rings is 1. The number of aromatic nitrogens is 1. The normalized spacial score (nSPS) is 19.6. The number of hydrogen-bond donors (Lipinski definition) is 0. The smallest absolute Gasteiger partial charge is 0.228 e. The molecule has 0 bridgehead atoms. The second-order valence-electron chi connectivity index (χ2n) is 7.32. The molecule has 2 saturated heterocycles. The number of nitrogens with zero attached hydrogens (tertiary/aromatic N) is 4. The summed E-state index contributed by atoms with van der Waals surface area (Å²) in [6, 6.07) is 11.5. The Labute approximate surface area is 170 Å². The van der Waals surface area contributed by atoms with Gasteiger partial charge in [-0.25, -0.2) is 0 Å². The van der Waals surface area contributed by atoms with Crippen molar-refractivity contribution in [2.45, 2.75) is 13.3 Å². The van der Waals surface area contributed by atoms with Gasteiger partial charge in [-0.1, -0.05) is 12.1 Å². The number of ether oxygens (including phenoxy) is 1. The quantitative estimate of drug-likeness (QED) is 0.778. The highest BCUT2D eigenvalue weighted by Gasteiger charge is 2.38. The molecular formula is C22H26N4O3. The number of carbonyl (C=O) groups is 2. The van der Waals surface area contributed by atoms with Crippen LogP contribution in [0, 0.1) is 5.92 Å². The van der Waals surface area contributed by atoms with Crippen LogP contribution in [-0.4, -0.2) is 61.0 Å². The molecule has 2 aromatic rings. The fraction of sp³-hybridized carbons (Fsp3) is 0.409. The summed E-state index contributed by atoms with van der Waals surface area (Å²) in [7, 11) is 0. The number of benzene rings is 1. The minimum Gasteiger partial charge on any atom is -0.492 e. The monoisotopic (exact) mass is 394 g/mol. The third-order valence-corrected chi connectivity index (χ3v) is 5.55. The first-order valence-electron chi connectivity index (χ1n) is 10.1. The van der Waals surface area contributed by atoms with Crippen molar-refractivity contribution < 1.29 is 14.3 Å². The summed E-state index contributed by atoms with van der Waals surface area (Å²) in [6.45, 7) is 5.76. The van der Waals surface area contributed by atoms with Gasteiger partial charge in [0.25, 0.3) is 0 Å². The van der Waals surface area contributed by atoms with Crippen molar-refractivity contribution in [2.24, 2.45) is 5.92 Å². The molecule has 0 spiro atoms. The van der Waals surface area contributed by atoms with Gasteiger partial charge in [0.1, 0.15) is 5.75 Å². The standard InChI is InChI=1S/C22H26N4O3/c1-2-29-20-6-4-3-5-19(20)26-16-17(15-21(26)27)22(28)25-13-11-24(12-14-25)18-7-9-23-10-8-18/h3-10,17H,2,11-16H2,1H3. The van der Waals surface area contributed by atoms with Crippen molar-refractivity contribution in [3.63, 3.8) is 0 Å². The Bertz CT molecular complexity index is 865. The van der Waals surface area contributed by atoms with E-state index in [9.17, 15) is 9.59 Å². The molecule has 0 saturated carbocycles. The number of rotatable bonds is 5. The van der Waals surface area contributed by atoms with Gasteiger partial charge in [0.15, 0.2) is 0 Å². The molecule has 0 aliphatic carbocycles. The van der Waals surface area contributed by atoms with Crippen molar-refractivity contribution in [1.82, 2.24) is 9.88 Å². The first kappa shape index (κ1) is 19.2. The van der Waals surface area contributed by atoms with E-state index in [0.717, 1.165) is 24.5 Å². The number of hydrogen-bond acceptors (Lipinski definition) is 5. The number of para-hydroxylation sites is 2. The maximum Gasteiger partial charge on any atom is 0.228 e. The Kier molecular flexibility index (Phi) is 5.64. The summed E-state index contributed by atoms with van der Waals surface area (Å²) in [4.78, 5) is 35.6. The molecule has 7 heteroatoms. The molecule has 0 N–H and O–H groups in total. The van der Waals surface area contributed by atoms with Crippen LogP contribution >= 0.6 is 0 Å². The summed E-state index contributed by atoms with van der Waals surface area (Å²) < 4.78 is 5.66. The molecule has 2 aliphatic rings. The van der Waals surface area contributed by atoms with Crippen LogP contribution in [0.1, 0.15) is 13.3 Å². The zero-order valence-corrected chi connectivity index (χ0v) is 16.7. The van der Waals surface area contributed by atoms with Crippen molar-refractivity contribution >= 4 is 23.2 Å². The van der Waals surface area contributed by atoms with E-state index in [1.807, 2.05) is 48.2 Å². The van der Waals surface area contributed by atoms with Gasteiger partial charge in [0.2, 0.25) is 11.8 Å². The number of pyridine rings is 1. The van der Waals surface area contributed by atoms with Crippen LogP contribution in [0.15, 0.2) is 48.8 Å². The van der Waals surface area contributed by atoms with Crippen LogP contribution in [0.3, 0.4) is 0 Å². The van der Waals surface area contributed by atoms with E-state index in [1.165, 1.54) is 0 Å². The van der Waals surface area contributed by atoms with Crippen molar-refractivity contribution in [3.8, 4) is 5.75 Å². The predicted molar refractivity (Wildman–Crippen MR) is 111 cm³/mol. The molecule has 29 heavy (non-hydrogen) atoms. The Morgan fingerprint density at radius 2 is 1.83 bits per heavy atom. The SMILES string of the molecule is CCOc1ccccc1N1CC(C(=O)N2CCN(c3ccncc3)CC2)CC1=O. The number of anilines is 2. The minimum absolute atomic E-state index is 0.0223. The van der Waals surface area contributed by atoms with Gasteiger partial charge < -0.3 is 19.4 Å². The van der Waals surface area contributed by atoms with Gasteiger partial charge in [0, 0.05) is 57.2 Å². The fourth-order valence-electron chi connectivity index (χ4n) is 4.06. The molecule has 0 radical (unpaired) electrons. The van der Waals surface area contributed by atoms with Crippen LogP contribution in [0.5, 0.6) is 5.75 Å². The summed E-state index contributed by atoms with van der Waals surface area (Å²) in [5.74, 6) is 0.433. The van der Waals surface area contributed by atoms with Crippen molar-refractivity contribution in [3.05, 3.63) is 48.8 Å². The molecule has 2 amide bonds. The van der Waals surface area contributed by atoms with Crippen molar-refractivity contribution in [2.75, 3.05) is 49.1 Å². The molecule has 1 aromatic carbocycles. The molecule has 2 fully saturated rings.